The molecule has 1 atom stereocenters. The molecule has 120 valence electrons. The summed E-state index contributed by atoms with van der Waals surface area (Å²) in [4.78, 5) is 26.3. The van der Waals surface area contributed by atoms with Crippen molar-refractivity contribution in [3.63, 3.8) is 0 Å². The van der Waals surface area contributed by atoms with Crippen LogP contribution in [0.2, 0.25) is 0 Å². The molecular weight excluding hydrogens is 272 g/mol. The lowest BCUT2D eigenvalue weighted by atomic mass is 9.96. The second-order valence-electron chi connectivity index (χ2n) is 6.00. The van der Waals surface area contributed by atoms with Crippen molar-refractivity contribution >= 4 is 11.9 Å². The molecule has 3 amide bonds. The number of piperidine rings is 1. The van der Waals surface area contributed by atoms with Crippen molar-refractivity contribution in [2.24, 2.45) is 5.92 Å². The van der Waals surface area contributed by atoms with Crippen molar-refractivity contribution in [3.05, 3.63) is 0 Å². The first kappa shape index (κ1) is 16.2. The van der Waals surface area contributed by atoms with E-state index in [1.54, 1.807) is 0 Å². The average molecular weight is 298 g/mol. The molecule has 2 saturated heterocycles. The van der Waals surface area contributed by atoms with E-state index >= 15 is 0 Å². The maximum Gasteiger partial charge on any atom is 0.324 e. The van der Waals surface area contributed by atoms with Crippen molar-refractivity contribution in [3.8, 4) is 0 Å². The Morgan fingerprint density at radius 3 is 2.67 bits per heavy atom. The van der Waals surface area contributed by atoms with E-state index in [-0.39, 0.29) is 24.6 Å². The Morgan fingerprint density at radius 2 is 2.10 bits per heavy atom. The molecule has 0 aromatic carbocycles. The van der Waals surface area contributed by atoms with Crippen LogP contribution in [0.1, 0.15) is 19.8 Å². The normalized spacial score (nSPS) is 22.7. The van der Waals surface area contributed by atoms with Crippen LogP contribution in [0.4, 0.5) is 4.79 Å². The van der Waals surface area contributed by atoms with Gasteiger partial charge in [0.05, 0.1) is 12.6 Å². The SMILES string of the molecule is C[C@H](O)CN1CCC(CNCCN2C(=O)CNC2=O)CC1. The molecule has 21 heavy (non-hydrogen) atoms. The van der Waals surface area contributed by atoms with Gasteiger partial charge in [0.2, 0.25) is 5.91 Å². The quantitative estimate of drug-likeness (QED) is 0.424. The first-order valence-electron chi connectivity index (χ1n) is 7.75. The van der Waals surface area contributed by atoms with Gasteiger partial charge in [0.15, 0.2) is 0 Å². The van der Waals surface area contributed by atoms with E-state index in [1.165, 1.54) is 4.90 Å². The molecule has 0 aliphatic carbocycles. The summed E-state index contributed by atoms with van der Waals surface area (Å²) in [6, 6.07) is -0.284. The van der Waals surface area contributed by atoms with E-state index in [0.29, 0.717) is 19.0 Å². The number of amides is 3. The number of hydrogen-bond donors (Lipinski definition) is 3. The zero-order chi connectivity index (χ0) is 15.2. The first-order chi connectivity index (χ1) is 10.1. The summed E-state index contributed by atoms with van der Waals surface area (Å²) < 4.78 is 0. The number of carbonyl (C=O) groups is 2. The number of nitrogens with zero attached hydrogens (tertiary/aromatic N) is 2. The Hall–Kier alpha value is -1.18. The number of nitrogens with one attached hydrogen (secondary N) is 2. The number of aliphatic hydroxyl groups is 1. The molecule has 2 fully saturated rings. The number of likely N-dealkylation sites (tertiary alicyclic amines) is 1. The number of urea groups is 1. The summed E-state index contributed by atoms with van der Waals surface area (Å²) in [7, 11) is 0. The topological polar surface area (TPSA) is 84.9 Å². The summed E-state index contributed by atoms with van der Waals surface area (Å²) in [5.74, 6) is 0.492. The molecule has 2 rings (SSSR count). The van der Waals surface area contributed by atoms with Crippen molar-refractivity contribution in [2.45, 2.75) is 25.9 Å². The fourth-order valence-corrected chi connectivity index (χ4v) is 2.93. The standard InChI is InChI=1S/C14H26N4O3/c1-11(19)10-17-5-2-12(3-6-17)8-15-4-7-18-13(20)9-16-14(18)21/h11-12,15,19H,2-10H2,1H3,(H,16,21)/t11-/m0/s1. The summed E-state index contributed by atoms with van der Waals surface area (Å²) in [5, 5.41) is 15.2. The van der Waals surface area contributed by atoms with E-state index in [1.807, 2.05) is 6.92 Å². The highest BCUT2D eigenvalue weighted by atomic mass is 16.3. The van der Waals surface area contributed by atoms with Crippen LogP contribution >= 0.6 is 0 Å². The van der Waals surface area contributed by atoms with Gasteiger partial charge < -0.3 is 20.6 Å². The molecule has 7 heteroatoms. The first-order valence-corrected chi connectivity index (χ1v) is 7.75. The van der Waals surface area contributed by atoms with Gasteiger partial charge in [0.1, 0.15) is 0 Å². The fourth-order valence-electron chi connectivity index (χ4n) is 2.93. The van der Waals surface area contributed by atoms with Gasteiger partial charge in [-0.3, -0.25) is 9.69 Å². The van der Waals surface area contributed by atoms with Crippen molar-refractivity contribution in [2.75, 3.05) is 45.8 Å². The van der Waals surface area contributed by atoms with Crippen molar-refractivity contribution < 1.29 is 14.7 Å². The van der Waals surface area contributed by atoms with Crippen molar-refractivity contribution in [1.82, 2.24) is 20.4 Å². The number of aliphatic hydroxyl groups excluding tert-OH is 1. The zero-order valence-electron chi connectivity index (χ0n) is 12.7. The van der Waals surface area contributed by atoms with Gasteiger partial charge in [-0.2, -0.15) is 0 Å². The Kier molecular flexibility index (Phi) is 5.96. The van der Waals surface area contributed by atoms with E-state index in [0.717, 1.165) is 39.0 Å². The summed E-state index contributed by atoms with van der Waals surface area (Å²) in [6.07, 6.45) is 2.00. The van der Waals surface area contributed by atoms with E-state index in [4.69, 9.17) is 0 Å². The summed E-state index contributed by atoms with van der Waals surface area (Å²) >= 11 is 0. The third kappa shape index (κ3) is 4.94. The third-order valence-electron chi connectivity index (χ3n) is 4.11. The van der Waals surface area contributed by atoms with Crippen LogP contribution in [0.25, 0.3) is 0 Å². The molecule has 3 N–H and O–H groups in total. The average Bonchev–Trinajstić information content (AvgIpc) is 2.76. The van der Waals surface area contributed by atoms with Gasteiger partial charge in [0, 0.05) is 19.6 Å². The minimum atomic E-state index is -0.284. The lowest BCUT2D eigenvalue weighted by Crippen LogP contribution is -2.42. The number of imide groups is 1. The summed E-state index contributed by atoms with van der Waals surface area (Å²) in [5.41, 5.74) is 0. The van der Waals surface area contributed by atoms with Gasteiger partial charge in [-0.15, -0.1) is 0 Å². The minimum Gasteiger partial charge on any atom is -0.392 e. The zero-order valence-corrected chi connectivity index (χ0v) is 12.7. The second-order valence-corrected chi connectivity index (χ2v) is 6.00. The number of hydrogen-bond acceptors (Lipinski definition) is 5. The molecule has 0 saturated carbocycles. The lowest BCUT2D eigenvalue weighted by molar-refractivity contribution is -0.124. The third-order valence-corrected chi connectivity index (χ3v) is 4.11. The minimum absolute atomic E-state index is 0.126. The van der Waals surface area contributed by atoms with Gasteiger partial charge in [-0.25, -0.2) is 4.79 Å². The molecular formula is C14H26N4O3. The highest BCUT2D eigenvalue weighted by molar-refractivity contribution is 6.01. The number of β-amino-alcohol motifs (C(OH)–C–C–N with tert-alkyl or cyclic N) is 1. The monoisotopic (exact) mass is 298 g/mol. The van der Waals surface area contributed by atoms with Crippen LogP contribution in [-0.2, 0) is 4.79 Å². The molecule has 2 heterocycles. The van der Waals surface area contributed by atoms with Gasteiger partial charge in [-0.1, -0.05) is 0 Å². The Bertz CT molecular complexity index is 351. The Labute approximate surface area is 125 Å². The summed E-state index contributed by atoms with van der Waals surface area (Å²) in [6.45, 7) is 6.77. The highest BCUT2D eigenvalue weighted by Crippen LogP contribution is 2.16. The van der Waals surface area contributed by atoms with Crippen LogP contribution in [0.5, 0.6) is 0 Å². The van der Waals surface area contributed by atoms with Gasteiger partial charge in [0.25, 0.3) is 0 Å². The second kappa shape index (κ2) is 7.72. The molecule has 0 unspecified atom stereocenters. The highest BCUT2D eigenvalue weighted by Gasteiger charge is 2.27. The largest absolute Gasteiger partial charge is 0.392 e. The van der Waals surface area contributed by atoms with Crippen LogP contribution in [0.3, 0.4) is 0 Å². The molecule has 0 bridgehead atoms. The van der Waals surface area contributed by atoms with Crippen LogP contribution in [0.15, 0.2) is 0 Å². The molecule has 0 aromatic rings. The molecule has 0 aromatic heterocycles. The Balaban J connectivity index is 1.56. The van der Waals surface area contributed by atoms with E-state index in [9.17, 15) is 14.7 Å². The molecule has 0 spiro atoms. The maximum atomic E-state index is 11.4. The van der Waals surface area contributed by atoms with Gasteiger partial charge in [-0.05, 0) is 45.3 Å². The lowest BCUT2D eigenvalue weighted by Gasteiger charge is -2.32. The Morgan fingerprint density at radius 1 is 1.38 bits per heavy atom. The van der Waals surface area contributed by atoms with E-state index in [2.05, 4.69) is 15.5 Å². The molecule has 2 aliphatic rings. The fraction of sp³-hybridized carbons (Fsp3) is 0.857. The van der Waals surface area contributed by atoms with E-state index < -0.39 is 0 Å². The maximum absolute atomic E-state index is 11.4. The molecule has 2 aliphatic heterocycles. The number of carbonyl (C=O) groups excluding carboxylic acids is 2. The molecule has 0 radical (unpaired) electrons. The predicted molar refractivity (Wildman–Crippen MR) is 78.8 cm³/mol. The van der Waals surface area contributed by atoms with Crippen LogP contribution in [-0.4, -0.2) is 78.8 Å². The van der Waals surface area contributed by atoms with Crippen LogP contribution in [0, 0.1) is 5.92 Å². The van der Waals surface area contributed by atoms with Crippen molar-refractivity contribution in [1.29, 1.82) is 0 Å². The number of rotatable bonds is 7. The van der Waals surface area contributed by atoms with Crippen LogP contribution < -0.4 is 10.6 Å². The van der Waals surface area contributed by atoms with Gasteiger partial charge >= 0.3 is 6.03 Å². The molecule has 7 nitrogen and oxygen atoms in total. The predicted octanol–water partition coefficient (Wildman–Crippen LogP) is -0.779. The smallest absolute Gasteiger partial charge is 0.324 e.